The van der Waals surface area contributed by atoms with E-state index in [0.29, 0.717) is 6.10 Å². The van der Waals surface area contributed by atoms with E-state index in [2.05, 4.69) is 6.07 Å². The minimum Gasteiger partial charge on any atom is -0.377 e. The summed E-state index contributed by atoms with van der Waals surface area (Å²) in [4.78, 5) is 1.12. The van der Waals surface area contributed by atoms with Crippen LogP contribution in [0.25, 0.3) is 0 Å². The van der Waals surface area contributed by atoms with Gasteiger partial charge >= 0.3 is 0 Å². The van der Waals surface area contributed by atoms with Crippen LogP contribution < -0.4 is 5.73 Å². The lowest BCUT2D eigenvalue weighted by molar-refractivity contribution is 0.129. The number of ether oxygens (including phenoxy) is 1. The molecule has 0 radical (unpaired) electrons. The molecule has 0 bridgehead atoms. The van der Waals surface area contributed by atoms with Gasteiger partial charge in [-0.3, -0.25) is 0 Å². The fourth-order valence-corrected chi connectivity index (χ4v) is 3.22. The van der Waals surface area contributed by atoms with E-state index in [-0.39, 0.29) is 6.04 Å². The van der Waals surface area contributed by atoms with Crippen LogP contribution in [0.1, 0.15) is 31.4 Å². The number of halogens is 1. The fourth-order valence-electron chi connectivity index (χ4n) is 1.88. The van der Waals surface area contributed by atoms with Crippen molar-refractivity contribution in [2.75, 3.05) is 12.4 Å². The Bertz CT molecular complexity index is 378. The Kier molecular flexibility index (Phi) is 4.74. The highest BCUT2D eigenvalue weighted by molar-refractivity contribution is 7.99. The third-order valence-electron chi connectivity index (χ3n) is 2.93. The monoisotopic (exact) mass is 271 g/mol. The summed E-state index contributed by atoms with van der Waals surface area (Å²) in [5.74, 6) is 0.983. The van der Waals surface area contributed by atoms with Crippen LogP contribution >= 0.6 is 23.4 Å². The molecule has 4 heteroatoms. The molecule has 1 aromatic carbocycles. The first-order valence-corrected chi connectivity index (χ1v) is 7.32. The molecule has 1 heterocycles. The molecule has 1 unspecified atom stereocenters. The van der Waals surface area contributed by atoms with Crippen LogP contribution in [0.3, 0.4) is 0 Å². The first kappa shape index (κ1) is 13.2. The van der Waals surface area contributed by atoms with Gasteiger partial charge < -0.3 is 10.5 Å². The quantitative estimate of drug-likeness (QED) is 0.850. The Hall–Kier alpha value is -0.220. The van der Waals surface area contributed by atoms with Gasteiger partial charge in [0.1, 0.15) is 0 Å². The Morgan fingerprint density at radius 1 is 1.59 bits per heavy atom. The van der Waals surface area contributed by atoms with Crippen LogP contribution in [-0.4, -0.2) is 18.5 Å². The maximum atomic E-state index is 6.24. The van der Waals surface area contributed by atoms with Gasteiger partial charge in [0, 0.05) is 23.3 Å². The SMILES string of the molecule is C[C@H](N)c1ccc(SCC2CCCO2)c(Cl)c1. The normalized spacial score (nSPS) is 21.7. The highest BCUT2D eigenvalue weighted by atomic mass is 35.5. The molecule has 2 rings (SSSR count). The van der Waals surface area contributed by atoms with Gasteiger partial charge in [-0.25, -0.2) is 0 Å². The van der Waals surface area contributed by atoms with Crippen LogP contribution in [-0.2, 0) is 4.74 Å². The molecule has 2 nitrogen and oxygen atoms in total. The van der Waals surface area contributed by atoms with E-state index in [1.165, 1.54) is 12.8 Å². The molecule has 0 saturated carbocycles. The molecule has 17 heavy (non-hydrogen) atoms. The zero-order chi connectivity index (χ0) is 12.3. The number of hydrogen-bond donors (Lipinski definition) is 1. The molecule has 1 fully saturated rings. The second-order valence-corrected chi connectivity index (χ2v) is 5.89. The summed E-state index contributed by atoms with van der Waals surface area (Å²) in [6.45, 7) is 2.87. The second kappa shape index (κ2) is 6.10. The summed E-state index contributed by atoms with van der Waals surface area (Å²) in [6.07, 6.45) is 2.75. The van der Waals surface area contributed by atoms with Crippen molar-refractivity contribution >= 4 is 23.4 Å². The van der Waals surface area contributed by atoms with Crippen molar-refractivity contribution in [2.24, 2.45) is 5.73 Å². The van der Waals surface area contributed by atoms with Crippen LogP contribution in [0.5, 0.6) is 0 Å². The molecular weight excluding hydrogens is 254 g/mol. The maximum absolute atomic E-state index is 6.24. The summed E-state index contributed by atoms with van der Waals surface area (Å²) >= 11 is 8.01. The van der Waals surface area contributed by atoms with Gasteiger partial charge in [-0.05, 0) is 37.5 Å². The van der Waals surface area contributed by atoms with E-state index in [1.807, 2.05) is 19.1 Å². The number of benzene rings is 1. The van der Waals surface area contributed by atoms with Crippen molar-refractivity contribution in [1.82, 2.24) is 0 Å². The van der Waals surface area contributed by atoms with Crippen LogP contribution in [0.4, 0.5) is 0 Å². The van der Waals surface area contributed by atoms with Crippen LogP contribution in [0.2, 0.25) is 5.02 Å². The smallest absolute Gasteiger partial charge is 0.0669 e. The molecule has 1 aliphatic heterocycles. The van der Waals surface area contributed by atoms with Gasteiger partial charge in [0.25, 0.3) is 0 Å². The van der Waals surface area contributed by atoms with Gasteiger partial charge in [0.2, 0.25) is 0 Å². The summed E-state index contributed by atoms with van der Waals surface area (Å²) in [5.41, 5.74) is 6.90. The molecule has 1 aliphatic rings. The van der Waals surface area contributed by atoms with Gasteiger partial charge in [-0.15, -0.1) is 11.8 Å². The third-order valence-corrected chi connectivity index (χ3v) is 4.56. The summed E-state index contributed by atoms with van der Waals surface area (Å²) < 4.78 is 5.59. The minimum atomic E-state index is 0.0321. The van der Waals surface area contributed by atoms with Gasteiger partial charge in [0.05, 0.1) is 11.1 Å². The maximum Gasteiger partial charge on any atom is 0.0669 e. The van der Waals surface area contributed by atoms with E-state index in [4.69, 9.17) is 22.1 Å². The molecule has 0 aromatic heterocycles. The topological polar surface area (TPSA) is 35.2 Å². The Labute approximate surface area is 112 Å². The first-order valence-electron chi connectivity index (χ1n) is 5.96. The highest BCUT2D eigenvalue weighted by Crippen LogP contribution is 2.31. The standard InChI is InChI=1S/C13H18ClNOS/c1-9(15)10-4-5-13(12(14)7-10)17-8-11-3-2-6-16-11/h4-5,7,9,11H,2-3,6,8,15H2,1H3/t9-,11?/m0/s1. The molecule has 2 atom stereocenters. The van der Waals surface area contributed by atoms with Crippen molar-refractivity contribution in [3.63, 3.8) is 0 Å². The molecule has 0 spiro atoms. The Balaban J connectivity index is 1.96. The van der Waals surface area contributed by atoms with Gasteiger partial charge in [-0.1, -0.05) is 17.7 Å². The first-order chi connectivity index (χ1) is 8.16. The Morgan fingerprint density at radius 2 is 2.41 bits per heavy atom. The average molecular weight is 272 g/mol. The number of thioether (sulfide) groups is 1. The lowest BCUT2D eigenvalue weighted by atomic mass is 10.1. The van der Waals surface area contributed by atoms with Gasteiger partial charge in [-0.2, -0.15) is 0 Å². The van der Waals surface area contributed by atoms with E-state index in [9.17, 15) is 0 Å². The lowest BCUT2D eigenvalue weighted by Gasteiger charge is -2.11. The summed E-state index contributed by atoms with van der Waals surface area (Å²) in [5, 5.41) is 0.794. The molecule has 0 aliphatic carbocycles. The number of hydrogen-bond acceptors (Lipinski definition) is 3. The summed E-state index contributed by atoms with van der Waals surface area (Å²) in [7, 11) is 0. The molecule has 1 saturated heterocycles. The van der Waals surface area contributed by atoms with E-state index < -0.39 is 0 Å². The molecular formula is C13H18ClNOS. The van der Waals surface area contributed by atoms with Crippen LogP contribution in [0.15, 0.2) is 23.1 Å². The molecule has 2 N–H and O–H groups in total. The predicted molar refractivity (Wildman–Crippen MR) is 73.8 cm³/mol. The molecule has 0 amide bonds. The van der Waals surface area contributed by atoms with E-state index in [0.717, 1.165) is 27.8 Å². The lowest BCUT2D eigenvalue weighted by Crippen LogP contribution is -2.08. The van der Waals surface area contributed by atoms with E-state index >= 15 is 0 Å². The number of nitrogens with two attached hydrogens (primary N) is 1. The van der Waals surface area contributed by atoms with E-state index in [1.54, 1.807) is 11.8 Å². The predicted octanol–water partition coefficient (Wildman–Crippen LogP) is 3.63. The third kappa shape index (κ3) is 3.62. The van der Waals surface area contributed by atoms with Crippen LogP contribution in [0, 0.1) is 0 Å². The van der Waals surface area contributed by atoms with Crippen molar-refractivity contribution < 1.29 is 4.74 Å². The number of rotatable bonds is 4. The zero-order valence-corrected chi connectivity index (χ0v) is 11.6. The fraction of sp³-hybridized carbons (Fsp3) is 0.538. The second-order valence-electron chi connectivity index (χ2n) is 4.42. The molecule has 1 aromatic rings. The van der Waals surface area contributed by atoms with Crippen molar-refractivity contribution in [3.8, 4) is 0 Å². The van der Waals surface area contributed by atoms with Gasteiger partial charge in [0.15, 0.2) is 0 Å². The minimum absolute atomic E-state index is 0.0321. The average Bonchev–Trinajstić information content (AvgIpc) is 2.80. The zero-order valence-electron chi connectivity index (χ0n) is 9.99. The van der Waals surface area contributed by atoms with Crippen molar-refractivity contribution in [1.29, 1.82) is 0 Å². The van der Waals surface area contributed by atoms with Crippen molar-refractivity contribution in [3.05, 3.63) is 28.8 Å². The van der Waals surface area contributed by atoms with Crippen molar-refractivity contribution in [2.45, 2.75) is 36.8 Å². The largest absolute Gasteiger partial charge is 0.377 e. The summed E-state index contributed by atoms with van der Waals surface area (Å²) in [6, 6.07) is 6.10. The highest BCUT2D eigenvalue weighted by Gasteiger charge is 2.16. The Morgan fingerprint density at radius 3 is 3.00 bits per heavy atom. The molecule has 94 valence electrons.